The van der Waals surface area contributed by atoms with Crippen LogP contribution in [0.5, 0.6) is 0 Å². The average molecular weight is 218 g/mol. The van der Waals surface area contributed by atoms with Crippen molar-refractivity contribution >= 4 is 0 Å². The zero-order chi connectivity index (χ0) is 11.8. The lowest BCUT2D eigenvalue weighted by Crippen LogP contribution is -2.05. The Morgan fingerprint density at radius 1 is 1.19 bits per heavy atom. The van der Waals surface area contributed by atoms with Gasteiger partial charge < -0.3 is 9.47 Å². The van der Waals surface area contributed by atoms with Crippen LogP contribution in [0.15, 0.2) is 24.3 Å². The van der Waals surface area contributed by atoms with Gasteiger partial charge in [-0.05, 0) is 12.5 Å². The predicted octanol–water partition coefficient (Wildman–Crippen LogP) is 3.13. The van der Waals surface area contributed by atoms with E-state index in [1.807, 2.05) is 24.3 Å². The maximum Gasteiger partial charge on any atom is 0.184 e. The summed E-state index contributed by atoms with van der Waals surface area (Å²) in [5.41, 5.74) is 1.96. The molecule has 0 radical (unpaired) electrons. The summed E-state index contributed by atoms with van der Waals surface area (Å²) < 4.78 is 10.5. The Morgan fingerprint density at radius 3 is 2.50 bits per heavy atom. The Morgan fingerprint density at radius 2 is 1.88 bits per heavy atom. The molecule has 0 aliphatic rings. The van der Waals surface area contributed by atoms with E-state index in [0.29, 0.717) is 0 Å². The van der Waals surface area contributed by atoms with E-state index in [1.165, 1.54) is 0 Å². The van der Waals surface area contributed by atoms with Crippen LogP contribution in [-0.4, -0.2) is 14.2 Å². The van der Waals surface area contributed by atoms with Gasteiger partial charge in [-0.15, -0.1) is 0 Å². The van der Waals surface area contributed by atoms with Gasteiger partial charge in [-0.3, -0.25) is 0 Å². The van der Waals surface area contributed by atoms with Gasteiger partial charge in [0.05, 0.1) is 0 Å². The number of methoxy groups -OCH3 is 2. The Labute approximate surface area is 97.6 Å². The summed E-state index contributed by atoms with van der Waals surface area (Å²) in [4.78, 5) is 0. The molecule has 16 heavy (non-hydrogen) atoms. The fraction of sp³-hybridized carbons (Fsp3) is 0.429. The fourth-order valence-electron chi connectivity index (χ4n) is 1.45. The average Bonchev–Trinajstić information content (AvgIpc) is 2.33. The van der Waals surface area contributed by atoms with Crippen molar-refractivity contribution in [2.75, 3.05) is 14.2 Å². The molecule has 86 valence electrons. The van der Waals surface area contributed by atoms with E-state index < -0.39 is 0 Å². The second-order valence-corrected chi connectivity index (χ2v) is 3.44. The smallest absolute Gasteiger partial charge is 0.184 e. The quantitative estimate of drug-likeness (QED) is 0.571. The van der Waals surface area contributed by atoms with E-state index in [1.54, 1.807) is 14.2 Å². The second-order valence-electron chi connectivity index (χ2n) is 3.44. The maximum absolute atomic E-state index is 5.24. The van der Waals surface area contributed by atoms with E-state index in [2.05, 4.69) is 18.8 Å². The van der Waals surface area contributed by atoms with Gasteiger partial charge in [-0.25, -0.2) is 0 Å². The Kier molecular flexibility index (Phi) is 5.63. The largest absolute Gasteiger partial charge is 0.352 e. The van der Waals surface area contributed by atoms with Crippen LogP contribution in [0.3, 0.4) is 0 Å². The third kappa shape index (κ3) is 3.37. The number of rotatable bonds is 4. The third-order valence-electron chi connectivity index (χ3n) is 2.24. The van der Waals surface area contributed by atoms with Crippen LogP contribution in [0.1, 0.15) is 37.2 Å². The highest BCUT2D eigenvalue weighted by Crippen LogP contribution is 2.20. The lowest BCUT2D eigenvalue weighted by Gasteiger charge is -2.15. The molecule has 0 fully saturated rings. The molecule has 0 bridgehead atoms. The van der Waals surface area contributed by atoms with Crippen LogP contribution in [0.2, 0.25) is 0 Å². The SMILES string of the molecule is CCCC#Cc1ccccc1C(OC)OC. The first kappa shape index (κ1) is 12.8. The van der Waals surface area contributed by atoms with Crippen molar-refractivity contribution in [3.05, 3.63) is 35.4 Å². The lowest BCUT2D eigenvalue weighted by atomic mass is 10.1. The molecule has 2 heteroatoms. The van der Waals surface area contributed by atoms with Crippen molar-refractivity contribution in [2.45, 2.75) is 26.1 Å². The molecule has 0 amide bonds. The first-order valence-corrected chi connectivity index (χ1v) is 5.46. The molecule has 2 nitrogen and oxygen atoms in total. The summed E-state index contributed by atoms with van der Waals surface area (Å²) in [6.45, 7) is 2.12. The van der Waals surface area contributed by atoms with E-state index in [0.717, 1.165) is 24.0 Å². The monoisotopic (exact) mass is 218 g/mol. The fourth-order valence-corrected chi connectivity index (χ4v) is 1.45. The summed E-state index contributed by atoms with van der Waals surface area (Å²) in [6, 6.07) is 7.91. The van der Waals surface area contributed by atoms with E-state index in [-0.39, 0.29) is 6.29 Å². The molecule has 0 aliphatic heterocycles. The molecule has 0 heterocycles. The Hall–Kier alpha value is -1.30. The molecule has 0 aliphatic carbocycles. The molecule has 0 saturated carbocycles. The van der Waals surface area contributed by atoms with Gasteiger partial charge in [0, 0.05) is 31.8 Å². The van der Waals surface area contributed by atoms with Crippen molar-refractivity contribution in [3.8, 4) is 11.8 Å². The Balaban J connectivity index is 2.96. The van der Waals surface area contributed by atoms with Gasteiger partial charge in [0.2, 0.25) is 0 Å². The molecule has 0 saturated heterocycles. The molecule has 0 N–H and O–H groups in total. The molecule has 0 atom stereocenters. The van der Waals surface area contributed by atoms with Gasteiger partial charge in [-0.2, -0.15) is 0 Å². The highest BCUT2D eigenvalue weighted by molar-refractivity contribution is 5.41. The molecule has 1 rings (SSSR count). The number of ether oxygens (including phenoxy) is 2. The normalized spacial score (nSPS) is 10.0. The topological polar surface area (TPSA) is 18.5 Å². The van der Waals surface area contributed by atoms with Crippen LogP contribution in [0.4, 0.5) is 0 Å². The van der Waals surface area contributed by atoms with Crippen molar-refractivity contribution in [3.63, 3.8) is 0 Å². The van der Waals surface area contributed by atoms with Gasteiger partial charge in [0.15, 0.2) is 6.29 Å². The van der Waals surface area contributed by atoms with Crippen LogP contribution >= 0.6 is 0 Å². The minimum atomic E-state index is -0.341. The van der Waals surface area contributed by atoms with Crippen molar-refractivity contribution < 1.29 is 9.47 Å². The standard InChI is InChI=1S/C14H18O2/c1-4-5-6-9-12-10-7-8-11-13(12)14(15-2)16-3/h7-8,10-11,14H,4-5H2,1-3H3. The molecule has 0 aromatic heterocycles. The minimum absolute atomic E-state index is 0.341. The van der Waals surface area contributed by atoms with Crippen LogP contribution in [-0.2, 0) is 9.47 Å². The van der Waals surface area contributed by atoms with E-state index >= 15 is 0 Å². The Bertz CT molecular complexity index is 370. The van der Waals surface area contributed by atoms with Crippen molar-refractivity contribution in [1.29, 1.82) is 0 Å². The predicted molar refractivity (Wildman–Crippen MR) is 65.0 cm³/mol. The summed E-state index contributed by atoms with van der Waals surface area (Å²) in [5.74, 6) is 6.29. The first-order valence-electron chi connectivity index (χ1n) is 5.46. The molecule has 1 aromatic carbocycles. The van der Waals surface area contributed by atoms with Gasteiger partial charge in [-0.1, -0.05) is 37.0 Å². The van der Waals surface area contributed by atoms with Crippen LogP contribution < -0.4 is 0 Å². The summed E-state index contributed by atoms with van der Waals surface area (Å²) >= 11 is 0. The number of benzene rings is 1. The van der Waals surface area contributed by atoms with Gasteiger partial charge in [0.1, 0.15) is 0 Å². The zero-order valence-electron chi connectivity index (χ0n) is 10.1. The van der Waals surface area contributed by atoms with Gasteiger partial charge >= 0.3 is 0 Å². The second kappa shape index (κ2) is 7.05. The van der Waals surface area contributed by atoms with E-state index in [9.17, 15) is 0 Å². The van der Waals surface area contributed by atoms with E-state index in [4.69, 9.17) is 9.47 Å². The zero-order valence-corrected chi connectivity index (χ0v) is 10.1. The molecule has 1 aromatic rings. The molecule has 0 unspecified atom stereocenters. The van der Waals surface area contributed by atoms with Crippen molar-refractivity contribution in [2.24, 2.45) is 0 Å². The highest BCUT2D eigenvalue weighted by Gasteiger charge is 2.11. The molecular formula is C14H18O2. The number of hydrogen-bond donors (Lipinski definition) is 0. The summed E-state index contributed by atoms with van der Waals surface area (Å²) in [7, 11) is 3.26. The molecule has 0 spiro atoms. The number of hydrogen-bond acceptors (Lipinski definition) is 2. The maximum atomic E-state index is 5.24. The molecular weight excluding hydrogens is 200 g/mol. The van der Waals surface area contributed by atoms with Crippen LogP contribution in [0.25, 0.3) is 0 Å². The first-order chi connectivity index (χ1) is 7.83. The lowest BCUT2D eigenvalue weighted by molar-refractivity contribution is -0.106. The highest BCUT2D eigenvalue weighted by atomic mass is 16.7. The minimum Gasteiger partial charge on any atom is -0.352 e. The van der Waals surface area contributed by atoms with Crippen molar-refractivity contribution in [1.82, 2.24) is 0 Å². The van der Waals surface area contributed by atoms with Crippen LogP contribution in [0, 0.1) is 11.8 Å². The summed E-state index contributed by atoms with van der Waals surface area (Å²) in [6.07, 6.45) is 1.65. The third-order valence-corrected chi connectivity index (χ3v) is 2.24. The summed E-state index contributed by atoms with van der Waals surface area (Å²) in [5, 5.41) is 0. The number of unbranched alkanes of at least 4 members (excludes halogenated alkanes) is 1. The van der Waals surface area contributed by atoms with Gasteiger partial charge in [0.25, 0.3) is 0 Å².